The van der Waals surface area contributed by atoms with Crippen LogP contribution in [0.4, 0.5) is 0 Å². The summed E-state index contributed by atoms with van der Waals surface area (Å²) in [6.45, 7) is 0.694. The van der Waals surface area contributed by atoms with Crippen molar-refractivity contribution >= 4 is 10.1 Å². The summed E-state index contributed by atoms with van der Waals surface area (Å²) in [5.74, 6) is 0. The van der Waals surface area contributed by atoms with Crippen LogP contribution in [-0.2, 0) is 19.0 Å². The standard InChI is InChI=1S/C11H16O5S/c1-9-3-5-11(6-4-9)17(13,14)16-8-10(12)7-15-2/h3-6,10,12H,7-8H2,1-2H3/t10-/m1/s1/i2D3. The Balaban J connectivity index is 2.53. The van der Waals surface area contributed by atoms with Gasteiger partial charge in [-0.25, -0.2) is 0 Å². The van der Waals surface area contributed by atoms with Crippen LogP contribution in [0.5, 0.6) is 0 Å². The van der Waals surface area contributed by atoms with Crippen molar-refractivity contribution in [2.24, 2.45) is 0 Å². The van der Waals surface area contributed by atoms with Crippen LogP contribution in [0.2, 0.25) is 0 Å². The van der Waals surface area contributed by atoms with E-state index >= 15 is 0 Å². The minimum atomic E-state index is -3.98. The molecule has 5 nitrogen and oxygen atoms in total. The normalized spacial score (nSPS) is 16.9. The number of ether oxygens (including phenoxy) is 1. The van der Waals surface area contributed by atoms with E-state index in [1.807, 2.05) is 6.92 Å². The lowest BCUT2D eigenvalue weighted by Crippen LogP contribution is -2.23. The fraction of sp³-hybridized carbons (Fsp3) is 0.455. The van der Waals surface area contributed by atoms with Gasteiger partial charge in [-0.1, -0.05) is 17.7 Å². The Bertz CT molecular complexity index is 524. The molecule has 0 aliphatic heterocycles. The summed E-state index contributed by atoms with van der Waals surface area (Å²) >= 11 is 0. The molecule has 1 rings (SSSR count). The summed E-state index contributed by atoms with van der Waals surface area (Å²) in [4.78, 5) is -0.0351. The fourth-order valence-electron chi connectivity index (χ4n) is 1.09. The van der Waals surface area contributed by atoms with Gasteiger partial charge in [0.25, 0.3) is 10.1 Å². The first-order chi connectivity index (χ1) is 9.10. The van der Waals surface area contributed by atoms with Gasteiger partial charge in [0, 0.05) is 7.04 Å². The van der Waals surface area contributed by atoms with Crippen molar-refractivity contribution in [1.29, 1.82) is 0 Å². The Morgan fingerprint density at radius 1 is 1.35 bits per heavy atom. The Morgan fingerprint density at radius 3 is 2.59 bits per heavy atom. The number of methoxy groups -OCH3 is 1. The molecule has 0 bridgehead atoms. The monoisotopic (exact) mass is 263 g/mol. The van der Waals surface area contributed by atoms with E-state index in [-0.39, 0.29) is 4.90 Å². The lowest BCUT2D eigenvalue weighted by molar-refractivity contribution is 0.0342. The predicted octanol–water partition coefficient (Wildman–Crippen LogP) is 0.708. The summed E-state index contributed by atoms with van der Waals surface area (Å²) in [5, 5.41) is 9.40. The topological polar surface area (TPSA) is 72.8 Å². The van der Waals surface area contributed by atoms with Gasteiger partial charge in [-0.05, 0) is 19.1 Å². The molecule has 96 valence electrons. The molecule has 0 amide bonds. The molecule has 0 aliphatic carbocycles. The number of hydrogen-bond acceptors (Lipinski definition) is 5. The first-order valence-corrected chi connectivity index (χ1v) is 6.29. The molecule has 0 unspecified atom stereocenters. The van der Waals surface area contributed by atoms with Crippen molar-refractivity contribution < 1.29 is 26.6 Å². The van der Waals surface area contributed by atoms with Crippen LogP contribution in [0, 0.1) is 6.92 Å². The van der Waals surface area contributed by atoms with Crippen molar-refractivity contribution in [3.63, 3.8) is 0 Å². The minimum Gasteiger partial charge on any atom is -0.388 e. The molecule has 1 atom stereocenters. The second-order valence-electron chi connectivity index (χ2n) is 3.52. The van der Waals surface area contributed by atoms with Gasteiger partial charge >= 0.3 is 0 Å². The molecule has 0 aliphatic rings. The molecule has 0 spiro atoms. The largest absolute Gasteiger partial charge is 0.388 e. The maximum Gasteiger partial charge on any atom is 0.297 e. The number of benzene rings is 1. The molecule has 0 saturated carbocycles. The third-order valence-corrected chi connectivity index (χ3v) is 3.30. The molecule has 17 heavy (non-hydrogen) atoms. The highest BCUT2D eigenvalue weighted by Gasteiger charge is 2.17. The summed E-state index contributed by atoms with van der Waals surface area (Å²) in [5.41, 5.74) is 0.898. The molecule has 0 aromatic heterocycles. The second-order valence-corrected chi connectivity index (χ2v) is 5.13. The average molecular weight is 263 g/mol. The van der Waals surface area contributed by atoms with Crippen LogP contribution in [0.3, 0.4) is 0 Å². The highest BCUT2D eigenvalue weighted by molar-refractivity contribution is 7.86. The average Bonchev–Trinajstić information content (AvgIpc) is 2.34. The van der Waals surface area contributed by atoms with Gasteiger partial charge in [0.2, 0.25) is 0 Å². The highest BCUT2D eigenvalue weighted by Crippen LogP contribution is 2.13. The zero-order valence-electron chi connectivity index (χ0n) is 12.3. The Hall–Kier alpha value is -0.950. The molecule has 0 fully saturated rings. The number of hydrogen-bond donors (Lipinski definition) is 1. The molecular weight excluding hydrogens is 244 g/mol. The van der Waals surface area contributed by atoms with Gasteiger partial charge in [-0.15, -0.1) is 0 Å². The van der Waals surface area contributed by atoms with E-state index < -0.39 is 36.5 Å². The third kappa shape index (κ3) is 4.43. The number of aliphatic hydroxyl groups is 1. The van der Waals surface area contributed by atoms with Crippen LogP contribution in [0.15, 0.2) is 29.2 Å². The predicted molar refractivity (Wildman–Crippen MR) is 62.2 cm³/mol. The molecule has 0 heterocycles. The van der Waals surface area contributed by atoms with E-state index in [1.54, 1.807) is 12.1 Å². The van der Waals surface area contributed by atoms with E-state index in [1.165, 1.54) is 12.1 Å². The Kier molecular flexibility index (Phi) is 3.60. The maximum atomic E-state index is 11.8. The summed E-state index contributed by atoms with van der Waals surface area (Å²) in [7, 11) is -6.62. The van der Waals surface area contributed by atoms with Crippen molar-refractivity contribution in [2.45, 2.75) is 17.9 Å². The summed E-state index contributed by atoms with van der Waals surface area (Å²) in [6, 6.07) is 6.00. The van der Waals surface area contributed by atoms with Crippen molar-refractivity contribution in [3.8, 4) is 0 Å². The molecule has 0 radical (unpaired) electrons. The summed E-state index contributed by atoms with van der Waals surface area (Å²) in [6.07, 6.45) is -1.35. The number of aliphatic hydroxyl groups excluding tert-OH is 1. The van der Waals surface area contributed by atoms with Gasteiger partial charge in [-0.3, -0.25) is 4.18 Å². The minimum absolute atomic E-state index is 0.0351. The first kappa shape index (κ1) is 10.0. The van der Waals surface area contributed by atoms with Gasteiger partial charge in [0.05, 0.1) is 22.2 Å². The molecule has 1 aromatic rings. The molecule has 1 N–H and O–H groups in total. The van der Waals surface area contributed by atoms with E-state index in [0.717, 1.165) is 5.56 Å². The summed E-state index contributed by atoms with van der Waals surface area (Å²) < 4.78 is 52.8. The molecule has 6 heteroatoms. The van der Waals surface area contributed by atoms with Gasteiger partial charge < -0.3 is 9.84 Å². The zero-order chi connectivity index (χ0) is 15.4. The second kappa shape index (κ2) is 6.11. The van der Waals surface area contributed by atoms with Gasteiger partial charge in [-0.2, -0.15) is 8.42 Å². The Morgan fingerprint density at radius 2 is 2.00 bits per heavy atom. The number of aryl methyl sites for hydroxylation is 1. The van der Waals surface area contributed by atoms with Crippen molar-refractivity contribution in [3.05, 3.63) is 29.8 Å². The van der Waals surface area contributed by atoms with Crippen LogP contribution in [0.1, 0.15) is 9.68 Å². The SMILES string of the molecule is [2H]C([2H])([2H])OC[C@@H](O)COS(=O)(=O)c1ccc(C)cc1. The van der Waals surface area contributed by atoms with Crippen molar-refractivity contribution in [1.82, 2.24) is 0 Å². The van der Waals surface area contributed by atoms with Crippen LogP contribution in [-0.4, -0.2) is 39.9 Å². The van der Waals surface area contributed by atoms with E-state index in [9.17, 15) is 13.5 Å². The smallest absolute Gasteiger partial charge is 0.297 e. The fourth-order valence-corrected chi connectivity index (χ4v) is 2.03. The number of rotatable bonds is 6. The van der Waals surface area contributed by atoms with E-state index in [0.29, 0.717) is 0 Å². The first-order valence-electron chi connectivity index (χ1n) is 6.38. The van der Waals surface area contributed by atoms with Gasteiger partial charge in [0.15, 0.2) is 0 Å². The van der Waals surface area contributed by atoms with Gasteiger partial charge in [0.1, 0.15) is 6.10 Å². The molecule has 0 saturated heterocycles. The lowest BCUT2D eigenvalue weighted by Gasteiger charge is -2.10. The molecular formula is C11H16O5S. The van der Waals surface area contributed by atoms with E-state index in [4.69, 9.17) is 4.11 Å². The van der Waals surface area contributed by atoms with Crippen LogP contribution < -0.4 is 0 Å². The van der Waals surface area contributed by atoms with Crippen LogP contribution >= 0.6 is 0 Å². The maximum absolute atomic E-state index is 11.8. The van der Waals surface area contributed by atoms with Crippen molar-refractivity contribution in [2.75, 3.05) is 20.3 Å². The Labute approximate surface area is 105 Å². The molecule has 1 aromatic carbocycles. The lowest BCUT2D eigenvalue weighted by atomic mass is 10.2. The van der Waals surface area contributed by atoms with Crippen LogP contribution in [0.25, 0.3) is 0 Å². The zero-order valence-corrected chi connectivity index (χ0v) is 10.1. The quantitative estimate of drug-likeness (QED) is 0.765. The third-order valence-electron chi connectivity index (χ3n) is 2.00. The van der Waals surface area contributed by atoms with E-state index in [2.05, 4.69) is 8.92 Å². The highest BCUT2D eigenvalue weighted by atomic mass is 32.2.